The molecular weight excluding hydrogens is 390 g/mol. The van der Waals surface area contributed by atoms with Crippen molar-refractivity contribution in [2.75, 3.05) is 0 Å². The fraction of sp³-hybridized carbons (Fsp3) is 0.885. The summed E-state index contributed by atoms with van der Waals surface area (Å²) in [6.45, 7) is 12.0. The highest BCUT2D eigenvalue weighted by Crippen LogP contribution is 2.59. The molecule has 5 rings (SSSR count). The lowest BCUT2D eigenvalue weighted by Crippen LogP contribution is -2.58. The van der Waals surface area contributed by atoms with Gasteiger partial charge in [-0.25, -0.2) is 9.79 Å². The zero-order valence-corrected chi connectivity index (χ0v) is 20.3. The van der Waals surface area contributed by atoms with Crippen LogP contribution in [0.3, 0.4) is 0 Å². The fourth-order valence-corrected chi connectivity index (χ4v) is 6.73. The zero-order valence-electron chi connectivity index (χ0n) is 20.3. The third-order valence-electron chi connectivity index (χ3n) is 9.22. The van der Waals surface area contributed by atoms with Gasteiger partial charge in [0.1, 0.15) is 5.60 Å². The van der Waals surface area contributed by atoms with Crippen molar-refractivity contribution < 1.29 is 19.1 Å². The molecule has 0 aromatic rings. The molecule has 1 aliphatic heterocycles. The Morgan fingerprint density at radius 3 is 2.23 bits per heavy atom. The average molecular weight is 432 g/mol. The van der Waals surface area contributed by atoms with Gasteiger partial charge in [-0.05, 0) is 103 Å². The van der Waals surface area contributed by atoms with Gasteiger partial charge in [-0.15, -0.1) is 0 Å². The second-order valence-electron chi connectivity index (χ2n) is 12.0. The van der Waals surface area contributed by atoms with Gasteiger partial charge in [-0.2, -0.15) is 0 Å². The molecule has 0 saturated heterocycles. The molecule has 5 nitrogen and oxygen atoms in total. The normalized spacial score (nSPS) is 38.4. The highest BCUT2D eigenvalue weighted by Gasteiger charge is 2.57. The van der Waals surface area contributed by atoms with Crippen LogP contribution in [0, 0.1) is 35.0 Å². The van der Waals surface area contributed by atoms with Crippen LogP contribution in [0.5, 0.6) is 0 Å². The topological polar surface area (TPSA) is 65.0 Å². The maximum absolute atomic E-state index is 13.4. The number of hydrogen-bond acceptors (Lipinski definition) is 5. The second kappa shape index (κ2) is 7.88. The third kappa shape index (κ3) is 4.06. The van der Waals surface area contributed by atoms with Gasteiger partial charge >= 0.3 is 11.9 Å². The van der Waals surface area contributed by atoms with Crippen LogP contribution in [-0.2, 0) is 19.1 Å². The quantitative estimate of drug-likeness (QED) is 0.462. The van der Waals surface area contributed by atoms with Crippen molar-refractivity contribution in [1.82, 2.24) is 0 Å². The summed E-state index contributed by atoms with van der Waals surface area (Å²) in [5.41, 5.74) is -1.52. The predicted molar refractivity (Wildman–Crippen MR) is 121 cm³/mol. The van der Waals surface area contributed by atoms with Crippen LogP contribution in [0.25, 0.3) is 0 Å². The molecule has 0 amide bonds. The number of nitrogens with zero attached hydrogens (tertiary/aromatic N) is 1. The number of rotatable bonds is 8. The van der Waals surface area contributed by atoms with Crippen molar-refractivity contribution in [2.24, 2.45) is 40.0 Å². The number of aliphatic imine (C=N–C) groups is 1. The van der Waals surface area contributed by atoms with Crippen LogP contribution in [-0.4, -0.2) is 29.0 Å². The lowest BCUT2D eigenvalue weighted by molar-refractivity contribution is -0.212. The summed E-state index contributed by atoms with van der Waals surface area (Å²) in [6.07, 6.45) is 9.67. The van der Waals surface area contributed by atoms with E-state index in [1.165, 1.54) is 32.1 Å². The maximum atomic E-state index is 13.4. The number of carbonyl (C=O) groups excluding carboxylic acids is 2. The summed E-state index contributed by atoms with van der Waals surface area (Å²) in [5, 5.41) is 0. The fourth-order valence-electron chi connectivity index (χ4n) is 6.73. The molecule has 0 N–H and O–H groups in total. The van der Waals surface area contributed by atoms with Crippen LogP contribution in [0.15, 0.2) is 4.99 Å². The Balaban J connectivity index is 1.34. The minimum atomic E-state index is -0.778. The molecule has 5 aliphatic rings. The Bertz CT molecular complexity index is 741. The minimum absolute atomic E-state index is 0.0107. The predicted octanol–water partition coefficient (Wildman–Crippen LogP) is 5.70. The standard InChI is InChI=1S/C26H41NO4/c1-7-25(5,10-8-9-16(2)21-27-24(3,4)22(28)30-21)23(29)31-26(6)19-12-17-11-18(14-19)15-20(26)13-17/h16-20H,7-15H2,1-6H3. The molecule has 0 aromatic carbocycles. The number of hydrogen-bond donors (Lipinski definition) is 0. The van der Waals surface area contributed by atoms with E-state index in [0.29, 0.717) is 17.7 Å². The molecule has 2 atom stereocenters. The van der Waals surface area contributed by atoms with Gasteiger partial charge in [0, 0.05) is 5.92 Å². The summed E-state index contributed by atoms with van der Waals surface area (Å²) in [6, 6.07) is 0. The Morgan fingerprint density at radius 1 is 1.16 bits per heavy atom. The van der Waals surface area contributed by atoms with Crippen LogP contribution in [0.2, 0.25) is 0 Å². The average Bonchev–Trinajstić information content (AvgIpc) is 2.98. The van der Waals surface area contributed by atoms with Crippen molar-refractivity contribution >= 4 is 17.8 Å². The number of ether oxygens (including phenoxy) is 2. The van der Waals surface area contributed by atoms with E-state index in [2.05, 4.69) is 25.8 Å². The van der Waals surface area contributed by atoms with Gasteiger partial charge in [-0.3, -0.25) is 4.79 Å². The van der Waals surface area contributed by atoms with Crippen LogP contribution >= 0.6 is 0 Å². The molecule has 0 aromatic heterocycles. The van der Waals surface area contributed by atoms with Crippen molar-refractivity contribution in [3.63, 3.8) is 0 Å². The first kappa shape index (κ1) is 22.8. The molecule has 4 bridgehead atoms. The first-order valence-corrected chi connectivity index (χ1v) is 12.5. The van der Waals surface area contributed by atoms with Gasteiger partial charge in [0.25, 0.3) is 0 Å². The van der Waals surface area contributed by atoms with Crippen molar-refractivity contribution in [3.05, 3.63) is 0 Å². The molecule has 174 valence electrons. The summed E-state index contributed by atoms with van der Waals surface area (Å²) >= 11 is 0. The zero-order chi connectivity index (χ0) is 22.6. The molecule has 4 aliphatic carbocycles. The molecule has 1 heterocycles. The van der Waals surface area contributed by atoms with Gasteiger partial charge in [0.2, 0.25) is 0 Å². The highest BCUT2D eigenvalue weighted by molar-refractivity contribution is 6.00. The smallest absolute Gasteiger partial charge is 0.340 e. The molecule has 2 unspecified atom stereocenters. The van der Waals surface area contributed by atoms with Gasteiger partial charge in [0.15, 0.2) is 11.4 Å². The van der Waals surface area contributed by atoms with Crippen LogP contribution in [0.4, 0.5) is 0 Å². The molecule has 4 saturated carbocycles. The first-order chi connectivity index (χ1) is 14.5. The Labute approximate surface area is 187 Å². The number of carbonyl (C=O) groups is 2. The van der Waals surface area contributed by atoms with Crippen molar-refractivity contribution in [1.29, 1.82) is 0 Å². The van der Waals surface area contributed by atoms with E-state index in [1.807, 2.05) is 6.92 Å². The summed E-state index contributed by atoms with van der Waals surface area (Å²) in [4.78, 5) is 29.8. The molecule has 0 radical (unpaired) electrons. The monoisotopic (exact) mass is 431 g/mol. The Morgan fingerprint density at radius 2 is 1.74 bits per heavy atom. The number of esters is 2. The third-order valence-corrected chi connectivity index (χ3v) is 9.22. The molecule has 0 spiro atoms. The van der Waals surface area contributed by atoms with E-state index in [1.54, 1.807) is 13.8 Å². The molecular formula is C26H41NO4. The minimum Gasteiger partial charge on any atom is -0.458 e. The van der Waals surface area contributed by atoms with Crippen LogP contribution < -0.4 is 0 Å². The van der Waals surface area contributed by atoms with Crippen molar-refractivity contribution in [2.45, 2.75) is 110 Å². The molecule has 4 fully saturated rings. The van der Waals surface area contributed by atoms with E-state index >= 15 is 0 Å². The van der Waals surface area contributed by atoms with E-state index in [4.69, 9.17) is 9.47 Å². The Hall–Kier alpha value is -1.39. The van der Waals surface area contributed by atoms with Gasteiger partial charge in [0.05, 0.1) is 5.41 Å². The lowest BCUT2D eigenvalue weighted by Gasteiger charge is -2.59. The number of cyclic esters (lactones) is 1. The lowest BCUT2D eigenvalue weighted by atomic mass is 9.50. The van der Waals surface area contributed by atoms with Gasteiger partial charge < -0.3 is 9.47 Å². The summed E-state index contributed by atoms with van der Waals surface area (Å²) in [7, 11) is 0. The second-order valence-corrected chi connectivity index (χ2v) is 12.0. The van der Waals surface area contributed by atoms with E-state index in [0.717, 1.165) is 37.5 Å². The maximum Gasteiger partial charge on any atom is 0.340 e. The van der Waals surface area contributed by atoms with Crippen molar-refractivity contribution in [3.8, 4) is 0 Å². The van der Waals surface area contributed by atoms with Gasteiger partial charge in [-0.1, -0.05) is 20.3 Å². The summed E-state index contributed by atoms with van der Waals surface area (Å²) < 4.78 is 11.8. The Kier molecular flexibility index (Phi) is 5.79. The van der Waals surface area contributed by atoms with E-state index < -0.39 is 11.0 Å². The largest absolute Gasteiger partial charge is 0.458 e. The summed E-state index contributed by atoms with van der Waals surface area (Å²) in [5.74, 6) is 3.15. The first-order valence-electron chi connectivity index (χ1n) is 12.5. The van der Waals surface area contributed by atoms with E-state index in [9.17, 15) is 9.59 Å². The SMILES string of the molecule is CCC(C)(CCCC(C)C1=NC(C)(C)C(=O)O1)C(=O)OC1(C)C2CC3CC(C2)CC1C3. The van der Waals surface area contributed by atoms with Crippen LogP contribution in [0.1, 0.15) is 99.3 Å². The highest BCUT2D eigenvalue weighted by atomic mass is 16.6. The van der Waals surface area contributed by atoms with E-state index in [-0.39, 0.29) is 23.5 Å². The molecule has 31 heavy (non-hydrogen) atoms. The molecule has 5 heteroatoms.